The second-order valence-corrected chi connectivity index (χ2v) is 10.6. The standard InChI is InChI=1S/C26H35N5O2/c1-25(2)8-6-19-4-3-5-20(22(19)33-25)18-30-14-9-26(10-15-30)11-16-31(17-12-26)23(32)21-7-13-28-24(27)29-21/h3-5,7,13H,6,8-12,14-18H2,1-2H3,(H2,27,28,29). The Bertz CT molecular complexity index is 1020. The van der Waals surface area contributed by atoms with Gasteiger partial charge in [0.15, 0.2) is 0 Å². The number of fused-ring (bicyclic) bond motifs is 1. The molecule has 7 nitrogen and oxygen atoms in total. The SMILES string of the molecule is CC1(C)CCc2cccc(CN3CCC4(CC3)CCN(C(=O)c3ccnc(N)n3)CC4)c2O1. The number of nitrogen functional groups attached to an aromatic ring is 1. The highest BCUT2D eigenvalue weighted by molar-refractivity contribution is 5.92. The van der Waals surface area contributed by atoms with Crippen LogP contribution in [0, 0.1) is 5.41 Å². The van der Waals surface area contributed by atoms with E-state index in [-0.39, 0.29) is 17.5 Å². The second kappa shape index (κ2) is 8.60. The molecule has 2 N–H and O–H groups in total. The number of carbonyl (C=O) groups is 1. The van der Waals surface area contributed by atoms with Gasteiger partial charge >= 0.3 is 0 Å². The van der Waals surface area contributed by atoms with Crippen molar-refractivity contribution in [3.63, 3.8) is 0 Å². The zero-order valence-electron chi connectivity index (χ0n) is 19.8. The summed E-state index contributed by atoms with van der Waals surface area (Å²) in [7, 11) is 0. The number of para-hydroxylation sites is 1. The molecule has 4 heterocycles. The molecular formula is C26H35N5O2. The Balaban J connectivity index is 1.17. The van der Waals surface area contributed by atoms with Gasteiger partial charge < -0.3 is 15.4 Å². The lowest BCUT2D eigenvalue weighted by Gasteiger charge is -2.47. The summed E-state index contributed by atoms with van der Waals surface area (Å²) >= 11 is 0. The molecule has 7 heteroatoms. The summed E-state index contributed by atoms with van der Waals surface area (Å²) in [5.41, 5.74) is 8.98. The van der Waals surface area contributed by atoms with Crippen LogP contribution in [0.5, 0.6) is 5.75 Å². The average molecular weight is 450 g/mol. The number of likely N-dealkylation sites (tertiary alicyclic amines) is 2. The van der Waals surface area contributed by atoms with Gasteiger partial charge in [-0.15, -0.1) is 0 Å². The third kappa shape index (κ3) is 4.69. The van der Waals surface area contributed by atoms with Crippen molar-refractivity contribution < 1.29 is 9.53 Å². The van der Waals surface area contributed by atoms with Gasteiger partial charge in [-0.05, 0) is 82.5 Å². The predicted molar refractivity (Wildman–Crippen MR) is 128 cm³/mol. The fourth-order valence-electron chi connectivity index (χ4n) is 5.62. The van der Waals surface area contributed by atoms with E-state index in [0.29, 0.717) is 11.1 Å². The Labute approximate surface area is 196 Å². The van der Waals surface area contributed by atoms with Gasteiger partial charge in [0.25, 0.3) is 5.91 Å². The minimum atomic E-state index is -0.0853. The molecule has 1 aromatic heterocycles. The summed E-state index contributed by atoms with van der Waals surface area (Å²) in [5, 5.41) is 0. The van der Waals surface area contributed by atoms with E-state index in [9.17, 15) is 4.79 Å². The van der Waals surface area contributed by atoms with Crippen LogP contribution in [0.1, 0.15) is 67.6 Å². The average Bonchev–Trinajstić information content (AvgIpc) is 2.81. The van der Waals surface area contributed by atoms with Crippen molar-refractivity contribution in [2.24, 2.45) is 5.41 Å². The number of hydrogen-bond acceptors (Lipinski definition) is 6. The largest absolute Gasteiger partial charge is 0.487 e. The van der Waals surface area contributed by atoms with Crippen molar-refractivity contribution >= 4 is 11.9 Å². The van der Waals surface area contributed by atoms with E-state index in [2.05, 4.69) is 46.9 Å². The molecule has 2 aromatic rings. The number of ether oxygens (including phenoxy) is 1. The van der Waals surface area contributed by atoms with Crippen LogP contribution in [0.25, 0.3) is 0 Å². The maximum atomic E-state index is 12.8. The number of aryl methyl sites for hydroxylation is 1. The summed E-state index contributed by atoms with van der Waals surface area (Å²) in [6, 6.07) is 8.27. The smallest absolute Gasteiger partial charge is 0.272 e. The Hall–Kier alpha value is -2.67. The molecule has 0 saturated carbocycles. The first-order valence-corrected chi connectivity index (χ1v) is 12.2. The molecule has 33 heavy (non-hydrogen) atoms. The number of carbonyl (C=O) groups excluding carboxylic acids is 1. The Morgan fingerprint density at radius 1 is 1.06 bits per heavy atom. The first kappa shape index (κ1) is 22.1. The molecule has 1 spiro atoms. The van der Waals surface area contributed by atoms with Crippen molar-refractivity contribution in [2.75, 3.05) is 31.9 Å². The molecule has 3 aliphatic heterocycles. The van der Waals surface area contributed by atoms with Crippen LogP contribution in [-0.2, 0) is 13.0 Å². The highest BCUT2D eigenvalue weighted by Crippen LogP contribution is 2.42. The van der Waals surface area contributed by atoms with E-state index >= 15 is 0 Å². The summed E-state index contributed by atoms with van der Waals surface area (Å²) in [6.07, 6.45) is 8.21. The fraction of sp³-hybridized carbons (Fsp3) is 0.577. The minimum absolute atomic E-state index is 0.0341. The number of nitrogens with zero attached hydrogens (tertiary/aromatic N) is 4. The fourth-order valence-corrected chi connectivity index (χ4v) is 5.62. The first-order valence-electron chi connectivity index (χ1n) is 12.2. The molecule has 176 valence electrons. The van der Waals surface area contributed by atoms with Crippen LogP contribution < -0.4 is 10.5 Å². The molecule has 1 amide bonds. The third-order valence-corrected chi connectivity index (χ3v) is 7.87. The maximum Gasteiger partial charge on any atom is 0.272 e. The van der Waals surface area contributed by atoms with Crippen molar-refractivity contribution in [1.82, 2.24) is 19.8 Å². The van der Waals surface area contributed by atoms with E-state index in [4.69, 9.17) is 10.5 Å². The summed E-state index contributed by atoms with van der Waals surface area (Å²) in [5.74, 6) is 1.23. The number of nitrogens with two attached hydrogens (primary N) is 1. The predicted octanol–water partition coefficient (Wildman–Crippen LogP) is 3.68. The van der Waals surface area contributed by atoms with Crippen LogP contribution in [0.3, 0.4) is 0 Å². The van der Waals surface area contributed by atoms with E-state index in [1.165, 1.54) is 24.0 Å². The van der Waals surface area contributed by atoms with Gasteiger partial charge in [-0.2, -0.15) is 0 Å². The summed E-state index contributed by atoms with van der Waals surface area (Å²) in [6.45, 7) is 9.11. The molecule has 3 aliphatic rings. The number of rotatable bonds is 3. The van der Waals surface area contributed by atoms with E-state index in [1.807, 2.05) is 4.90 Å². The third-order valence-electron chi connectivity index (χ3n) is 7.87. The number of hydrogen-bond donors (Lipinski definition) is 1. The Morgan fingerprint density at radius 2 is 1.79 bits per heavy atom. The normalized spacial score (nSPS) is 21.9. The number of amides is 1. The minimum Gasteiger partial charge on any atom is -0.487 e. The zero-order valence-corrected chi connectivity index (χ0v) is 19.8. The molecular weight excluding hydrogens is 414 g/mol. The summed E-state index contributed by atoms with van der Waals surface area (Å²) < 4.78 is 6.40. The molecule has 0 aliphatic carbocycles. The van der Waals surface area contributed by atoms with E-state index in [0.717, 1.165) is 64.2 Å². The van der Waals surface area contributed by atoms with E-state index < -0.39 is 0 Å². The van der Waals surface area contributed by atoms with E-state index in [1.54, 1.807) is 12.3 Å². The van der Waals surface area contributed by atoms with Crippen LogP contribution >= 0.6 is 0 Å². The van der Waals surface area contributed by atoms with Crippen molar-refractivity contribution in [2.45, 2.75) is 64.5 Å². The number of anilines is 1. The van der Waals surface area contributed by atoms with Gasteiger partial charge in [-0.25, -0.2) is 9.97 Å². The molecule has 0 bridgehead atoms. The lowest BCUT2D eigenvalue weighted by Crippen LogP contribution is -2.48. The molecule has 0 atom stereocenters. The monoisotopic (exact) mass is 449 g/mol. The molecule has 0 radical (unpaired) electrons. The molecule has 0 unspecified atom stereocenters. The van der Waals surface area contributed by atoms with Gasteiger partial charge in [-0.3, -0.25) is 9.69 Å². The maximum absolute atomic E-state index is 12.8. The number of aromatic nitrogens is 2. The Morgan fingerprint density at radius 3 is 2.52 bits per heavy atom. The second-order valence-electron chi connectivity index (χ2n) is 10.6. The van der Waals surface area contributed by atoms with Crippen molar-refractivity contribution in [1.29, 1.82) is 0 Å². The first-order chi connectivity index (χ1) is 15.8. The van der Waals surface area contributed by atoms with Crippen LogP contribution in [-0.4, -0.2) is 57.5 Å². The van der Waals surface area contributed by atoms with Gasteiger partial charge in [0.1, 0.15) is 17.0 Å². The lowest BCUT2D eigenvalue weighted by molar-refractivity contribution is 0.0274. The van der Waals surface area contributed by atoms with Crippen molar-refractivity contribution in [3.8, 4) is 5.75 Å². The van der Waals surface area contributed by atoms with Gasteiger partial charge in [-0.1, -0.05) is 18.2 Å². The molecule has 2 saturated heterocycles. The number of benzene rings is 1. The Kier molecular flexibility index (Phi) is 5.77. The van der Waals surface area contributed by atoms with Crippen LogP contribution in [0.15, 0.2) is 30.5 Å². The lowest BCUT2D eigenvalue weighted by atomic mass is 9.71. The highest BCUT2D eigenvalue weighted by Gasteiger charge is 2.39. The van der Waals surface area contributed by atoms with Gasteiger partial charge in [0.2, 0.25) is 5.95 Å². The van der Waals surface area contributed by atoms with Gasteiger partial charge in [0.05, 0.1) is 0 Å². The quantitative estimate of drug-likeness (QED) is 0.770. The van der Waals surface area contributed by atoms with Crippen LogP contribution in [0.4, 0.5) is 5.95 Å². The van der Waals surface area contributed by atoms with Gasteiger partial charge in [0, 0.05) is 31.4 Å². The zero-order chi connectivity index (χ0) is 23.1. The topological polar surface area (TPSA) is 84.6 Å². The van der Waals surface area contributed by atoms with Crippen molar-refractivity contribution in [3.05, 3.63) is 47.3 Å². The summed E-state index contributed by atoms with van der Waals surface area (Å²) in [4.78, 5) is 25.3. The molecule has 5 rings (SSSR count). The van der Waals surface area contributed by atoms with Crippen LogP contribution in [0.2, 0.25) is 0 Å². The molecule has 1 aromatic carbocycles. The highest BCUT2D eigenvalue weighted by atomic mass is 16.5. The number of piperidine rings is 2. The molecule has 2 fully saturated rings.